The number of carbonyl (C=O) groups excluding carboxylic acids is 1. The maximum Gasteiger partial charge on any atom is 0.236 e. The molecular weight excluding hydrogens is 247 g/mol. The van der Waals surface area contributed by atoms with Crippen LogP contribution in [0.3, 0.4) is 0 Å². The predicted octanol–water partition coefficient (Wildman–Crippen LogP) is 2.79. The lowest BCUT2D eigenvalue weighted by Gasteiger charge is -2.14. The third kappa shape index (κ3) is 2.12. The molecule has 0 radical (unpaired) electrons. The summed E-state index contributed by atoms with van der Waals surface area (Å²) in [7, 11) is 0. The number of nitrogens with zero attached hydrogens (tertiary/aromatic N) is 1. The highest BCUT2D eigenvalue weighted by Gasteiger charge is 2.51. The van der Waals surface area contributed by atoms with Crippen LogP contribution in [0.25, 0.3) is 0 Å². The van der Waals surface area contributed by atoms with Gasteiger partial charge in [0.2, 0.25) is 5.91 Å². The standard InChI is InChI=1S/C14H13FN2O2/c1-9-8-12(17-19-9)16-13(18)14(6-7-14)10-2-4-11(15)5-3-10/h2-5,8H,6-7H2,1H3,(H,16,17,18). The molecule has 1 amide bonds. The second-order valence-electron chi connectivity index (χ2n) is 4.87. The molecular formula is C14H13FN2O2. The summed E-state index contributed by atoms with van der Waals surface area (Å²) in [6.45, 7) is 1.76. The molecule has 0 spiro atoms. The van der Waals surface area contributed by atoms with Gasteiger partial charge in [-0.3, -0.25) is 4.79 Å². The highest BCUT2D eigenvalue weighted by atomic mass is 19.1. The Morgan fingerprint density at radius 3 is 2.58 bits per heavy atom. The number of nitrogens with one attached hydrogen (secondary N) is 1. The van der Waals surface area contributed by atoms with Gasteiger partial charge >= 0.3 is 0 Å². The van der Waals surface area contributed by atoms with Crippen molar-refractivity contribution in [2.75, 3.05) is 5.32 Å². The Bertz CT molecular complexity index is 615. The molecule has 1 N–H and O–H groups in total. The van der Waals surface area contributed by atoms with Gasteiger partial charge in [-0.15, -0.1) is 0 Å². The first-order valence-corrected chi connectivity index (χ1v) is 6.11. The van der Waals surface area contributed by atoms with Gasteiger partial charge in [0.25, 0.3) is 0 Å². The number of rotatable bonds is 3. The van der Waals surface area contributed by atoms with Crippen molar-refractivity contribution in [2.24, 2.45) is 0 Å². The number of hydrogen-bond donors (Lipinski definition) is 1. The van der Waals surface area contributed by atoms with E-state index in [1.807, 2.05) is 0 Å². The highest BCUT2D eigenvalue weighted by Crippen LogP contribution is 2.48. The van der Waals surface area contributed by atoms with Crippen LogP contribution in [0.1, 0.15) is 24.2 Å². The van der Waals surface area contributed by atoms with E-state index in [2.05, 4.69) is 10.5 Å². The number of carbonyl (C=O) groups is 1. The van der Waals surface area contributed by atoms with E-state index in [0.717, 1.165) is 18.4 Å². The van der Waals surface area contributed by atoms with Crippen molar-refractivity contribution < 1.29 is 13.7 Å². The molecule has 1 fully saturated rings. The predicted molar refractivity (Wildman–Crippen MR) is 67.2 cm³/mol. The number of aryl methyl sites for hydroxylation is 1. The molecule has 0 aliphatic heterocycles. The van der Waals surface area contributed by atoms with Crippen LogP contribution in [0, 0.1) is 12.7 Å². The molecule has 1 aliphatic carbocycles. The van der Waals surface area contributed by atoms with Gasteiger partial charge in [-0.2, -0.15) is 0 Å². The van der Waals surface area contributed by atoms with Crippen molar-refractivity contribution in [3.8, 4) is 0 Å². The molecule has 0 saturated heterocycles. The van der Waals surface area contributed by atoms with E-state index in [-0.39, 0.29) is 11.7 Å². The van der Waals surface area contributed by atoms with E-state index in [0.29, 0.717) is 11.6 Å². The van der Waals surface area contributed by atoms with Crippen LogP contribution in [0.15, 0.2) is 34.9 Å². The average Bonchev–Trinajstić information content (AvgIpc) is 3.10. The summed E-state index contributed by atoms with van der Waals surface area (Å²) in [5.74, 6) is 0.636. The molecule has 98 valence electrons. The number of hydrogen-bond acceptors (Lipinski definition) is 3. The molecule has 1 saturated carbocycles. The zero-order valence-corrected chi connectivity index (χ0v) is 10.4. The fraction of sp³-hybridized carbons (Fsp3) is 0.286. The van der Waals surface area contributed by atoms with E-state index < -0.39 is 5.41 Å². The van der Waals surface area contributed by atoms with Gasteiger partial charge in [0.05, 0.1) is 5.41 Å². The topological polar surface area (TPSA) is 55.1 Å². The fourth-order valence-corrected chi connectivity index (χ4v) is 2.20. The number of amides is 1. The summed E-state index contributed by atoms with van der Waals surface area (Å²) in [6.07, 6.45) is 1.53. The second kappa shape index (κ2) is 4.19. The molecule has 4 nitrogen and oxygen atoms in total. The average molecular weight is 260 g/mol. The molecule has 1 heterocycles. The van der Waals surface area contributed by atoms with Crippen LogP contribution >= 0.6 is 0 Å². The molecule has 5 heteroatoms. The third-order valence-electron chi connectivity index (χ3n) is 3.45. The lowest BCUT2D eigenvalue weighted by atomic mass is 9.95. The minimum Gasteiger partial charge on any atom is -0.360 e. The fourth-order valence-electron chi connectivity index (χ4n) is 2.20. The minimum atomic E-state index is -0.541. The van der Waals surface area contributed by atoms with Crippen molar-refractivity contribution in [3.05, 3.63) is 47.5 Å². The molecule has 19 heavy (non-hydrogen) atoms. The summed E-state index contributed by atoms with van der Waals surface area (Å²) in [4.78, 5) is 12.3. The molecule has 0 atom stereocenters. The van der Waals surface area contributed by atoms with Gasteiger partial charge < -0.3 is 9.84 Å². The Morgan fingerprint density at radius 2 is 2.05 bits per heavy atom. The normalized spacial score (nSPS) is 16.1. The minimum absolute atomic E-state index is 0.118. The number of aromatic nitrogens is 1. The van der Waals surface area contributed by atoms with Crippen LogP contribution < -0.4 is 5.32 Å². The second-order valence-corrected chi connectivity index (χ2v) is 4.87. The van der Waals surface area contributed by atoms with Crippen LogP contribution in [-0.2, 0) is 10.2 Å². The summed E-state index contributed by atoms with van der Waals surface area (Å²) < 4.78 is 17.8. The van der Waals surface area contributed by atoms with Gasteiger partial charge in [-0.05, 0) is 37.5 Å². The van der Waals surface area contributed by atoms with E-state index >= 15 is 0 Å². The van der Waals surface area contributed by atoms with Gasteiger partial charge in [-0.1, -0.05) is 17.3 Å². The smallest absolute Gasteiger partial charge is 0.236 e. The number of anilines is 1. The summed E-state index contributed by atoms with van der Waals surface area (Å²) in [5, 5.41) is 6.48. The molecule has 0 unspecified atom stereocenters. The Labute approximate surface area is 109 Å². The SMILES string of the molecule is Cc1cc(NC(=O)C2(c3ccc(F)cc3)CC2)no1. The van der Waals surface area contributed by atoms with E-state index in [9.17, 15) is 9.18 Å². The van der Waals surface area contributed by atoms with E-state index in [1.165, 1.54) is 12.1 Å². The van der Waals surface area contributed by atoms with Crippen LogP contribution in [0.5, 0.6) is 0 Å². The molecule has 1 aliphatic rings. The summed E-state index contributed by atoms with van der Waals surface area (Å²) in [5.41, 5.74) is 0.298. The maximum absolute atomic E-state index is 12.9. The summed E-state index contributed by atoms with van der Waals surface area (Å²) >= 11 is 0. The Hall–Kier alpha value is -2.17. The Kier molecular flexibility index (Phi) is 2.62. The molecule has 1 aromatic heterocycles. The van der Waals surface area contributed by atoms with E-state index in [4.69, 9.17) is 4.52 Å². The number of halogens is 1. The summed E-state index contributed by atoms with van der Waals surface area (Å²) in [6, 6.07) is 7.75. The molecule has 2 aromatic rings. The molecule has 1 aromatic carbocycles. The quantitative estimate of drug-likeness (QED) is 0.923. The monoisotopic (exact) mass is 260 g/mol. The van der Waals surface area contributed by atoms with Crippen LogP contribution in [0.2, 0.25) is 0 Å². The molecule has 0 bridgehead atoms. The first-order valence-electron chi connectivity index (χ1n) is 6.11. The van der Waals surface area contributed by atoms with Crippen LogP contribution in [-0.4, -0.2) is 11.1 Å². The lowest BCUT2D eigenvalue weighted by Crippen LogP contribution is -2.27. The number of benzene rings is 1. The Morgan fingerprint density at radius 1 is 1.37 bits per heavy atom. The highest BCUT2D eigenvalue weighted by molar-refractivity contribution is 6.00. The van der Waals surface area contributed by atoms with Gasteiger partial charge in [0.1, 0.15) is 11.6 Å². The van der Waals surface area contributed by atoms with Crippen molar-refractivity contribution in [2.45, 2.75) is 25.2 Å². The largest absolute Gasteiger partial charge is 0.360 e. The van der Waals surface area contributed by atoms with Crippen molar-refractivity contribution in [1.82, 2.24) is 5.16 Å². The van der Waals surface area contributed by atoms with Crippen molar-refractivity contribution in [1.29, 1.82) is 0 Å². The lowest BCUT2D eigenvalue weighted by molar-refractivity contribution is -0.118. The first kappa shape index (κ1) is 11.9. The maximum atomic E-state index is 12.9. The van der Waals surface area contributed by atoms with E-state index in [1.54, 1.807) is 25.1 Å². The zero-order chi connectivity index (χ0) is 13.5. The van der Waals surface area contributed by atoms with Gasteiger partial charge in [0.15, 0.2) is 5.82 Å². The third-order valence-corrected chi connectivity index (χ3v) is 3.45. The Balaban J connectivity index is 1.81. The molecule has 3 rings (SSSR count). The first-order chi connectivity index (χ1) is 9.10. The van der Waals surface area contributed by atoms with Crippen molar-refractivity contribution in [3.63, 3.8) is 0 Å². The van der Waals surface area contributed by atoms with Gasteiger partial charge in [-0.25, -0.2) is 4.39 Å². The van der Waals surface area contributed by atoms with Crippen LogP contribution in [0.4, 0.5) is 10.2 Å². The van der Waals surface area contributed by atoms with Crippen molar-refractivity contribution >= 4 is 11.7 Å². The zero-order valence-electron chi connectivity index (χ0n) is 10.4. The van der Waals surface area contributed by atoms with Gasteiger partial charge in [0, 0.05) is 6.07 Å².